The highest BCUT2D eigenvalue weighted by Crippen LogP contribution is 2.44. The minimum atomic E-state index is 0.225. The molecule has 2 aliphatic carbocycles. The van der Waals surface area contributed by atoms with Gasteiger partial charge in [-0.3, -0.25) is 4.98 Å². The Morgan fingerprint density at radius 3 is 2.58 bits per heavy atom. The molecular formula is C22H27N3S. The molecule has 1 aromatic heterocycles. The molecule has 0 unspecified atom stereocenters. The lowest BCUT2D eigenvalue weighted by atomic mass is 9.95. The first kappa shape index (κ1) is 17.5. The van der Waals surface area contributed by atoms with Gasteiger partial charge in [0.25, 0.3) is 0 Å². The topological polar surface area (TPSA) is 28.2 Å². The Hall–Kier alpha value is -1.94. The van der Waals surface area contributed by atoms with Crippen LogP contribution in [0.25, 0.3) is 0 Å². The smallest absolute Gasteiger partial charge is 0.169 e. The van der Waals surface area contributed by atoms with Gasteiger partial charge < -0.3 is 10.2 Å². The van der Waals surface area contributed by atoms with Crippen LogP contribution < -0.4 is 5.32 Å². The predicted octanol–water partition coefficient (Wildman–Crippen LogP) is 4.71. The normalized spacial score (nSPS) is 25.0. The maximum absolute atomic E-state index is 5.90. The number of pyridine rings is 1. The second-order valence-corrected chi connectivity index (χ2v) is 8.19. The Balaban J connectivity index is 1.52. The molecule has 0 spiro atoms. The van der Waals surface area contributed by atoms with Crippen molar-refractivity contribution >= 4 is 17.3 Å². The molecule has 4 rings (SSSR count). The van der Waals surface area contributed by atoms with Crippen LogP contribution in [-0.2, 0) is 6.54 Å². The fourth-order valence-electron chi connectivity index (χ4n) is 4.64. The molecule has 1 N–H and O–H groups in total. The Morgan fingerprint density at radius 1 is 1.15 bits per heavy atom. The van der Waals surface area contributed by atoms with Gasteiger partial charge in [-0.2, -0.15) is 0 Å². The van der Waals surface area contributed by atoms with E-state index >= 15 is 0 Å². The lowest BCUT2D eigenvalue weighted by molar-refractivity contribution is 0.306. The average molecular weight is 366 g/mol. The van der Waals surface area contributed by atoms with E-state index in [0.717, 1.165) is 23.5 Å². The zero-order valence-electron chi connectivity index (χ0n) is 15.3. The molecule has 2 fully saturated rings. The van der Waals surface area contributed by atoms with Crippen molar-refractivity contribution in [3.8, 4) is 0 Å². The molecule has 4 heteroatoms. The summed E-state index contributed by atoms with van der Waals surface area (Å²) in [5, 5.41) is 4.61. The molecule has 0 aliphatic heterocycles. The number of nitrogens with one attached hydrogen (secondary N) is 1. The van der Waals surface area contributed by atoms with E-state index < -0.39 is 0 Å². The van der Waals surface area contributed by atoms with Gasteiger partial charge >= 0.3 is 0 Å². The van der Waals surface area contributed by atoms with Crippen LogP contribution in [0.3, 0.4) is 0 Å². The molecule has 26 heavy (non-hydrogen) atoms. The van der Waals surface area contributed by atoms with Gasteiger partial charge in [-0.1, -0.05) is 36.8 Å². The lowest BCUT2D eigenvalue weighted by Gasteiger charge is -2.35. The molecule has 2 bridgehead atoms. The molecule has 136 valence electrons. The van der Waals surface area contributed by atoms with E-state index in [4.69, 9.17) is 12.2 Å². The second-order valence-electron chi connectivity index (χ2n) is 7.80. The molecule has 2 saturated carbocycles. The van der Waals surface area contributed by atoms with Crippen LogP contribution in [0.4, 0.5) is 0 Å². The van der Waals surface area contributed by atoms with Crippen molar-refractivity contribution in [2.24, 2.45) is 11.8 Å². The summed E-state index contributed by atoms with van der Waals surface area (Å²) >= 11 is 5.90. The highest BCUT2D eigenvalue weighted by molar-refractivity contribution is 7.80. The van der Waals surface area contributed by atoms with Crippen LogP contribution >= 0.6 is 12.2 Å². The fourth-order valence-corrected chi connectivity index (χ4v) is 5.02. The number of hydrogen-bond acceptors (Lipinski definition) is 2. The molecular weight excluding hydrogens is 338 g/mol. The SMILES string of the molecule is C[C@@H](c1ccccc1)N(Cc1ccncc1)C(=S)N[C@H]1C[C@H]2CC[C@H]1C2. The molecule has 1 aromatic carbocycles. The minimum Gasteiger partial charge on any atom is -0.360 e. The zero-order chi connectivity index (χ0) is 17.9. The molecule has 0 saturated heterocycles. The van der Waals surface area contributed by atoms with Crippen molar-refractivity contribution in [3.63, 3.8) is 0 Å². The van der Waals surface area contributed by atoms with Crippen LogP contribution in [0, 0.1) is 11.8 Å². The molecule has 1 heterocycles. The molecule has 3 nitrogen and oxygen atoms in total. The van der Waals surface area contributed by atoms with Gasteiger partial charge in [0, 0.05) is 25.0 Å². The number of thiocarbonyl (C=S) groups is 1. The maximum Gasteiger partial charge on any atom is 0.169 e. The first-order valence-corrected chi connectivity index (χ1v) is 10.1. The van der Waals surface area contributed by atoms with Crippen molar-refractivity contribution in [2.75, 3.05) is 0 Å². The summed E-state index contributed by atoms with van der Waals surface area (Å²) < 4.78 is 0. The van der Waals surface area contributed by atoms with E-state index in [0.29, 0.717) is 6.04 Å². The van der Waals surface area contributed by atoms with Crippen molar-refractivity contribution in [3.05, 3.63) is 66.0 Å². The zero-order valence-corrected chi connectivity index (χ0v) is 16.2. The van der Waals surface area contributed by atoms with Gasteiger partial charge in [0.05, 0.1) is 6.04 Å². The molecule has 0 amide bonds. The van der Waals surface area contributed by atoms with Crippen molar-refractivity contribution in [1.29, 1.82) is 0 Å². The summed E-state index contributed by atoms with van der Waals surface area (Å²) in [6, 6.07) is 15.6. The van der Waals surface area contributed by atoms with Gasteiger partial charge in [-0.05, 0) is 73.5 Å². The van der Waals surface area contributed by atoms with Crippen LogP contribution in [0.15, 0.2) is 54.9 Å². The van der Waals surface area contributed by atoms with Crippen molar-refractivity contribution in [2.45, 2.75) is 51.2 Å². The van der Waals surface area contributed by atoms with E-state index in [9.17, 15) is 0 Å². The summed E-state index contributed by atoms with van der Waals surface area (Å²) in [6.07, 6.45) is 9.16. The number of nitrogens with zero attached hydrogens (tertiary/aromatic N) is 2. The highest BCUT2D eigenvalue weighted by atomic mass is 32.1. The average Bonchev–Trinajstić information content (AvgIpc) is 3.30. The van der Waals surface area contributed by atoms with Gasteiger partial charge in [0.15, 0.2) is 5.11 Å². The number of benzene rings is 1. The maximum atomic E-state index is 5.90. The van der Waals surface area contributed by atoms with E-state index in [1.165, 1.54) is 36.8 Å². The molecule has 2 aliphatic rings. The number of hydrogen-bond donors (Lipinski definition) is 1. The standard InChI is InChI=1S/C22H27N3S/c1-16(19-5-3-2-4-6-19)25(15-17-9-11-23-12-10-17)22(26)24-21-14-18-7-8-20(21)13-18/h2-6,9-12,16,18,20-21H,7-8,13-15H2,1H3,(H,24,26)/t16-,18-,20-,21-/m0/s1. The minimum absolute atomic E-state index is 0.225. The van der Waals surface area contributed by atoms with Crippen LogP contribution in [0.5, 0.6) is 0 Å². The van der Waals surface area contributed by atoms with Crippen LogP contribution in [0.2, 0.25) is 0 Å². The van der Waals surface area contributed by atoms with Gasteiger partial charge in [-0.25, -0.2) is 0 Å². The first-order valence-electron chi connectivity index (χ1n) is 9.71. The molecule has 0 radical (unpaired) electrons. The Morgan fingerprint density at radius 2 is 1.92 bits per heavy atom. The van der Waals surface area contributed by atoms with Crippen molar-refractivity contribution < 1.29 is 0 Å². The third kappa shape index (κ3) is 3.75. The monoisotopic (exact) mass is 365 g/mol. The largest absolute Gasteiger partial charge is 0.360 e. The Labute approximate surface area is 161 Å². The summed E-state index contributed by atoms with van der Waals surface area (Å²) in [4.78, 5) is 6.47. The van der Waals surface area contributed by atoms with Gasteiger partial charge in [0.2, 0.25) is 0 Å². The Kier molecular flexibility index (Phi) is 5.21. The third-order valence-corrected chi connectivity index (χ3v) is 6.51. The molecule has 2 aromatic rings. The number of fused-ring (bicyclic) bond motifs is 2. The van der Waals surface area contributed by atoms with Crippen LogP contribution in [0.1, 0.15) is 49.8 Å². The number of rotatable bonds is 5. The van der Waals surface area contributed by atoms with Gasteiger partial charge in [-0.15, -0.1) is 0 Å². The van der Waals surface area contributed by atoms with Crippen LogP contribution in [-0.4, -0.2) is 21.0 Å². The third-order valence-electron chi connectivity index (χ3n) is 6.16. The summed E-state index contributed by atoms with van der Waals surface area (Å²) in [5.74, 6) is 1.73. The quantitative estimate of drug-likeness (QED) is 0.777. The lowest BCUT2D eigenvalue weighted by Crippen LogP contribution is -2.47. The first-order chi connectivity index (χ1) is 12.7. The molecule has 4 atom stereocenters. The van der Waals surface area contributed by atoms with Gasteiger partial charge in [0.1, 0.15) is 0 Å². The predicted molar refractivity (Wildman–Crippen MR) is 110 cm³/mol. The second kappa shape index (κ2) is 7.75. The summed E-state index contributed by atoms with van der Waals surface area (Å²) in [6.45, 7) is 3.04. The highest BCUT2D eigenvalue weighted by Gasteiger charge is 2.40. The van der Waals surface area contributed by atoms with E-state index in [1.54, 1.807) is 0 Å². The summed E-state index contributed by atoms with van der Waals surface area (Å²) in [5.41, 5.74) is 2.53. The Bertz CT molecular complexity index is 734. The van der Waals surface area contributed by atoms with E-state index in [2.05, 4.69) is 64.6 Å². The summed E-state index contributed by atoms with van der Waals surface area (Å²) in [7, 11) is 0. The van der Waals surface area contributed by atoms with E-state index in [1.807, 2.05) is 12.4 Å². The number of aromatic nitrogens is 1. The fraction of sp³-hybridized carbons (Fsp3) is 0.455. The van der Waals surface area contributed by atoms with E-state index in [-0.39, 0.29) is 6.04 Å². The van der Waals surface area contributed by atoms with Crippen molar-refractivity contribution in [1.82, 2.24) is 15.2 Å².